The molecule has 2 aromatic rings. The van der Waals surface area contributed by atoms with Crippen LogP contribution in [0.3, 0.4) is 0 Å². The third-order valence-corrected chi connectivity index (χ3v) is 6.97. The summed E-state index contributed by atoms with van der Waals surface area (Å²) in [7, 11) is 3.21. The number of nitro benzene ring substituents is 1. The highest BCUT2D eigenvalue weighted by Crippen LogP contribution is 2.39. The van der Waals surface area contributed by atoms with E-state index in [1.165, 1.54) is 31.4 Å². The Balaban J connectivity index is 1.59. The van der Waals surface area contributed by atoms with Gasteiger partial charge < -0.3 is 19.1 Å². The van der Waals surface area contributed by atoms with Crippen LogP contribution >= 0.6 is 0 Å². The fourth-order valence-corrected chi connectivity index (χ4v) is 5.10. The van der Waals surface area contributed by atoms with Crippen LogP contribution < -0.4 is 14.2 Å². The van der Waals surface area contributed by atoms with Crippen molar-refractivity contribution in [2.45, 2.75) is 51.0 Å². The Hall–Kier alpha value is -3.29. The molecule has 1 atom stereocenters. The van der Waals surface area contributed by atoms with E-state index in [1.807, 2.05) is 17.0 Å². The Kier molecular flexibility index (Phi) is 7.55. The Labute approximate surface area is 200 Å². The lowest BCUT2D eigenvalue weighted by atomic mass is 9.85. The largest absolute Gasteiger partial charge is 0.493 e. The van der Waals surface area contributed by atoms with Gasteiger partial charge in [0.2, 0.25) is 5.91 Å². The maximum Gasteiger partial charge on any atom is 0.269 e. The van der Waals surface area contributed by atoms with Gasteiger partial charge in [-0.15, -0.1) is 0 Å². The predicted octanol–water partition coefficient (Wildman–Crippen LogP) is 5.09. The van der Waals surface area contributed by atoms with Crippen LogP contribution in [0.4, 0.5) is 5.69 Å². The summed E-state index contributed by atoms with van der Waals surface area (Å²) in [5.41, 5.74) is 2.11. The van der Waals surface area contributed by atoms with Crippen molar-refractivity contribution in [3.8, 4) is 17.2 Å². The number of benzene rings is 2. The van der Waals surface area contributed by atoms with Crippen molar-refractivity contribution in [2.75, 3.05) is 27.4 Å². The maximum atomic E-state index is 13.4. The molecule has 0 bridgehead atoms. The number of hydrogen-bond acceptors (Lipinski definition) is 6. The van der Waals surface area contributed by atoms with Crippen LogP contribution in [-0.2, 0) is 11.2 Å². The van der Waals surface area contributed by atoms with Crippen molar-refractivity contribution in [3.63, 3.8) is 0 Å². The predicted molar refractivity (Wildman–Crippen MR) is 127 cm³/mol. The molecule has 1 aliphatic heterocycles. The van der Waals surface area contributed by atoms with Gasteiger partial charge in [0.15, 0.2) is 11.5 Å². The molecular formula is C26H32N2O6. The second kappa shape index (κ2) is 10.8. The summed E-state index contributed by atoms with van der Waals surface area (Å²) in [6, 6.07) is 9.66. The standard InChI is InChI=1S/C26H32N2O6/c1-32-24-15-19-12-13-27(26(29)14-18-6-4-3-5-7-18)23(22(19)16-25(24)33-2)17-34-21-10-8-20(9-11-21)28(30)31/h8-11,15-16,18,23H,3-7,12-14,17H2,1-2H3/t23-/m0/s1. The third kappa shape index (κ3) is 5.26. The second-order valence-corrected chi connectivity index (χ2v) is 9.03. The average Bonchev–Trinajstić information content (AvgIpc) is 2.87. The number of nitro groups is 1. The smallest absolute Gasteiger partial charge is 0.269 e. The van der Waals surface area contributed by atoms with Gasteiger partial charge in [-0.3, -0.25) is 14.9 Å². The summed E-state index contributed by atoms with van der Waals surface area (Å²) >= 11 is 0. The van der Waals surface area contributed by atoms with Crippen molar-refractivity contribution in [1.82, 2.24) is 4.90 Å². The molecule has 0 saturated heterocycles. The summed E-state index contributed by atoms with van der Waals surface area (Å²) in [5.74, 6) is 2.41. The van der Waals surface area contributed by atoms with Crippen molar-refractivity contribution < 1.29 is 23.9 Å². The van der Waals surface area contributed by atoms with Crippen molar-refractivity contribution in [1.29, 1.82) is 0 Å². The second-order valence-electron chi connectivity index (χ2n) is 9.03. The van der Waals surface area contributed by atoms with Crippen molar-refractivity contribution >= 4 is 11.6 Å². The van der Waals surface area contributed by atoms with Crippen LogP contribution in [0, 0.1) is 16.0 Å². The number of rotatable bonds is 8. The van der Waals surface area contributed by atoms with E-state index >= 15 is 0 Å². The van der Waals surface area contributed by atoms with Gasteiger partial charge in [0.25, 0.3) is 5.69 Å². The molecule has 0 N–H and O–H groups in total. The molecule has 1 fully saturated rings. The quantitative estimate of drug-likeness (QED) is 0.396. The number of fused-ring (bicyclic) bond motifs is 1. The average molecular weight is 469 g/mol. The van der Waals surface area contributed by atoms with Gasteiger partial charge in [0.1, 0.15) is 12.4 Å². The number of carbonyl (C=O) groups is 1. The molecule has 0 unspecified atom stereocenters. The van der Waals surface area contributed by atoms with Crippen LogP contribution in [-0.4, -0.2) is 43.1 Å². The minimum absolute atomic E-state index is 0.0106. The lowest BCUT2D eigenvalue weighted by molar-refractivity contribution is -0.384. The van der Waals surface area contributed by atoms with Gasteiger partial charge in [-0.2, -0.15) is 0 Å². The topological polar surface area (TPSA) is 91.1 Å². The maximum absolute atomic E-state index is 13.4. The van der Waals surface area contributed by atoms with Crippen molar-refractivity contribution in [2.24, 2.45) is 5.92 Å². The zero-order chi connectivity index (χ0) is 24.1. The monoisotopic (exact) mass is 468 g/mol. The molecule has 0 radical (unpaired) electrons. The van der Waals surface area contributed by atoms with Crippen LogP contribution in [0.25, 0.3) is 0 Å². The van der Waals surface area contributed by atoms with E-state index in [0.29, 0.717) is 36.1 Å². The number of carbonyl (C=O) groups excluding carboxylic acids is 1. The molecule has 8 heteroatoms. The number of amides is 1. The highest BCUT2D eigenvalue weighted by atomic mass is 16.6. The van der Waals surface area contributed by atoms with E-state index in [2.05, 4.69) is 0 Å². The van der Waals surface area contributed by atoms with Crippen LogP contribution in [0.2, 0.25) is 0 Å². The zero-order valence-electron chi connectivity index (χ0n) is 19.8. The molecule has 4 rings (SSSR count). The molecule has 34 heavy (non-hydrogen) atoms. The highest BCUT2D eigenvalue weighted by Gasteiger charge is 2.34. The first-order chi connectivity index (χ1) is 16.5. The number of methoxy groups -OCH3 is 2. The first kappa shape index (κ1) is 23.9. The molecule has 1 saturated carbocycles. The van der Waals surface area contributed by atoms with Crippen LogP contribution in [0.15, 0.2) is 36.4 Å². The molecular weight excluding hydrogens is 436 g/mol. The van der Waals surface area contributed by atoms with E-state index in [0.717, 1.165) is 30.4 Å². The van der Waals surface area contributed by atoms with Gasteiger partial charge in [0, 0.05) is 25.1 Å². The molecule has 1 aliphatic carbocycles. The Morgan fingerprint density at radius 3 is 2.38 bits per heavy atom. The Bertz CT molecular complexity index is 1020. The number of ether oxygens (including phenoxy) is 3. The minimum Gasteiger partial charge on any atom is -0.493 e. The van der Waals surface area contributed by atoms with E-state index < -0.39 is 4.92 Å². The van der Waals surface area contributed by atoms with Gasteiger partial charge in [-0.05, 0) is 60.6 Å². The molecule has 1 heterocycles. The highest BCUT2D eigenvalue weighted by molar-refractivity contribution is 5.77. The summed E-state index contributed by atoms with van der Waals surface area (Å²) in [5, 5.41) is 10.9. The fourth-order valence-electron chi connectivity index (χ4n) is 5.10. The normalized spacial score (nSPS) is 18.2. The van der Waals surface area contributed by atoms with E-state index in [1.54, 1.807) is 26.4 Å². The van der Waals surface area contributed by atoms with E-state index in [-0.39, 0.29) is 24.2 Å². The van der Waals surface area contributed by atoms with Crippen LogP contribution in [0.5, 0.6) is 17.2 Å². The molecule has 0 spiro atoms. The lowest BCUT2D eigenvalue weighted by Gasteiger charge is -2.38. The molecule has 0 aromatic heterocycles. The summed E-state index contributed by atoms with van der Waals surface area (Å²) < 4.78 is 17.1. The fraction of sp³-hybridized carbons (Fsp3) is 0.500. The van der Waals surface area contributed by atoms with Gasteiger partial charge >= 0.3 is 0 Å². The lowest BCUT2D eigenvalue weighted by Crippen LogP contribution is -2.43. The zero-order valence-corrected chi connectivity index (χ0v) is 19.8. The van der Waals surface area contributed by atoms with Crippen LogP contribution in [0.1, 0.15) is 55.7 Å². The first-order valence-corrected chi connectivity index (χ1v) is 11.9. The molecule has 8 nitrogen and oxygen atoms in total. The molecule has 1 amide bonds. The summed E-state index contributed by atoms with van der Waals surface area (Å²) in [6.07, 6.45) is 7.19. The number of nitrogens with zero attached hydrogens (tertiary/aromatic N) is 2. The SMILES string of the molecule is COc1cc2c(cc1OC)[C@H](COc1ccc([N+](=O)[O-])cc1)N(C(=O)CC1CCCCC1)CC2. The van der Waals surface area contributed by atoms with Gasteiger partial charge in [-0.25, -0.2) is 0 Å². The Morgan fingerprint density at radius 2 is 1.74 bits per heavy atom. The van der Waals surface area contributed by atoms with E-state index in [9.17, 15) is 14.9 Å². The third-order valence-electron chi connectivity index (χ3n) is 6.97. The van der Waals surface area contributed by atoms with Gasteiger partial charge in [-0.1, -0.05) is 19.3 Å². The Morgan fingerprint density at radius 1 is 1.06 bits per heavy atom. The number of non-ortho nitro benzene ring substituents is 1. The number of hydrogen-bond donors (Lipinski definition) is 0. The van der Waals surface area contributed by atoms with E-state index in [4.69, 9.17) is 14.2 Å². The van der Waals surface area contributed by atoms with Crippen molar-refractivity contribution in [3.05, 3.63) is 57.6 Å². The summed E-state index contributed by atoms with van der Waals surface area (Å²) in [6.45, 7) is 0.860. The summed E-state index contributed by atoms with van der Waals surface area (Å²) in [4.78, 5) is 25.9. The first-order valence-electron chi connectivity index (χ1n) is 11.9. The molecule has 2 aliphatic rings. The minimum atomic E-state index is -0.438. The molecule has 182 valence electrons. The van der Waals surface area contributed by atoms with Gasteiger partial charge in [0.05, 0.1) is 25.2 Å². The molecule has 2 aromatic carbocycles.